The van der Waals surface area contributed by atoms with Crippen LogP contribution in [0, 0.1) is 0 Å². The highest BCUT2D eigenvalue weighted by Crippen LogP contribution is 2.16. The summed E-state index contributed by atoms with van der Waals surface area (Å²) in [6, 6.07) is -0.638. The second-order valence-electron chi connectivity index (χ2n) is 18.5. The summed E-state index contributed by atoms with van der Waals surface area (Å²) in [6.07, 6.45) is 62.9. The van der Waals surface area contributed by atoms with Crippen LogP contribution in [-0.4, -0.2) is 47.4 Å². The normalized spacial score (nSPS) is 12.9. The Hall–Kier alpha value is -1.92. The van der Waals surface area contributed by atoms with Crippen LogP contribution in [0.25, 0.3) is 0 Å². The lowest BCUT2D eigenvalue weighted by atomic mass is 10.0. The van der Waals surface area contributed by atoms with Gasteiger partial charge in [0.05, 0.1) is 25.4 Å². The molecule has 2 unspecified atom stereocenters. The summed E-state index contributed by atoms with van der Waals surface area (Å²) in [5.41, 5.74) is 0. The standard InChI is InChI=1S/C56H105NO5/c1-3-5-7-9-11-13-15-16-17-22-25-29-32-36-40-44-48-54(59)53(52-58)57-55(60)49-45-41-37-33-30-26-23-20-18-19-21-24-27-31-35-39-43-47-51-62-56(61)50-46-42-38-34-28-14-12-10-8-6-4-2/h10,12,20,23,44,48,53-54,58-59H,3-9,11,13-19,21-22,24-43,45-47,49-52H2,1-2H3,(H,57,60)/b12-10-,23-20-,48-44+. The molecule has 0 aromatic rings. The maximum Gasteiger partial charge on any atom is 0.305 e. The maximum absolute atomic E-state index is 12.4. The molecule has 3 N–H and O–H groups in total. The molecule has 0 heterocycles. The fraction of sp³-hybridized carbons (Fsp3) is 0.857. The molecule has 0 aromatic carbocycles. The van der Waals surface area contributed by atoms with Crippen molar-refractivity contribution in [2.45, 2.75) is 296 Å². The van der Waals surface area contributed by atoms with Gasteiger partial charge in [-0.05, 0) is 77.0 Å². The average Bonchev–Trinajstić information content (AvgIpc) is 3.27. The molecule has 0 fully saturated rings. The topological polar surface area (TPSA) is 95.9 Å². The summed E-state index contributed by atoms with van der Waals surface area (Å²) in [4.78, 5) is 24.4. The number of hydrogen-bond donors (Lipinski definition) is 3. The molecule has 0 aromatic heterocycles. The molecule has 1 amide bonds. The number of aliphatic hydroxyl groups is 2. The first kappa shape index (κ1) is 60.1. The molecule has 2 atom stereocenters. The number of nitrogens with one attached hydrogen (secondary N) is 1. The smallest absolute Gasteiger partial charge is 0.305 e. The van der Waals surface area contributed by atoms with Gasteiger partial charge in [-0.3, -0.25) is 9.59 Å². The van der Waals surface area contributed by atoms with Gasteiger partial charge in [0.2, 0.25) is 5.91 Å². The average molecular weight is 872 g/mol. The first-order chi connectivity index (χ1) is 30.5. The molecule has 6 heteroatoms. The van der Waals surface area contributed by atoms with Crippen molar-refractivity contribution in [2.75, 3.05) is 13.2 Å². The van der Waals surface area contributed by atoms with E-state index in [-0.39, 0.29) is 18.5 Å². The van der Waals surface area contributed by atoms with E-state index in [1.807, 2.05) is 6.08 Å². The summed E-state index contributed by atoms with van der Waals surface area (Å²) in [6.45, 7) is 4.85. The van der Waals surface area contributed by atoms with Gasteiger partial charge < -0.3 is 20.3 Å². The molecular formula is C56H105NO5. The van der Waals surface area contributed by atoms with E-state index >= 15 is 0 Å². The number of carbonyl (C=O) groups excluding carboxylic acids is 2. The van der Waals surface area contributed by atoms with E-state index in [2.05, 4.69) is 43.5 Å². The number of carbonyl (C=O) groups is 2. The highest BCUT2D eigenvalue weighted by Gasteiger charge is 2.18. The number of amides is 1. The van der Waals surface area contributed by atoms with Crippen LogP contribution in [0.5, 0.6) is 0 Å². The Balaban J connectivity index is 3.50. The second kappa shape index (κ2) is 51.7. The summed E-state index contributed by atoms with van der Waals surface area (Å²) < 4.78 is 5.44. The maximum atomic E-state index is 12.4. The van der Waals surface area contributed by atoms with Crippen LogP contribution in [0.15, 0.2) is 36.5 Å². The number of unbranched alkanes of at least 4 members (excludes halogenated alkanes) is 35. The number of ether oxygens (including phenoxy) is 1. The van der Waals surface area contributed by atoms with E-state index in [0.29, 0.717) is 19.4 Å². The van der Waals surface area contributed by atoms with Gasteiger partial charge in [0.25, 0.3) is 0 Å². The van der Waals surface area contributed by atoms with Gasteiger partial charge in [-0.25, -0.2) is 0 Å². The molecule has 0 rings (SSSR count). The van der Waals surface area contributed by atoms with Gasteiger partial charge in [0.15, 0.2) is 0 Å². The van der Waals surface area contributed by atoms with E-state index in [9.17, 15) is 19.8 Å². The Bertz CT molecular complexity index is 1010. The van der Waals surface area contributed by atoms with Crippen molar-refractivity contribution in [3.63, 3.8) is 0 Å². The molecule has 364 valence electrons. The molecule has 0 aliphatic rings. The van der Waals surface area contributed by atoms with E-state index in [4.69, 9.17) is 4.74 Å². The first-order valence-corrected chi connectivity index (χ1v) is 27.3. The number of allylic oxidation sites excluding steroid dienone is 5. The molecule has 0 spiro atoms. The van der Waals surface area contributed by atoms with Crippen molar-refractivity contribution in [1.29, 1.82) is 0 Å². The Kier molecular flexibility index (Phi) is 50.1. The van der Waals surface area contributed by atoms with Crippen molar-refractivity contribution in [2.24, 2.45) is 0 Å². The third-order valence-corrected chi connectivity index (χ3v) is 12.4. The van der Waals surface area contributed by atoms with Crippen LogP contribution in [0.1, 0.15) is 284 Å². The summed E-state index contributed by atoms with van der Waals surface area (Å²) in [5, 5.41) is 23.1. The van der Waals surface area contributed by atoms with Gasteiger partial charge in [-0.2, -0.15) is 0 Å². The van der Waals surface area contributed by atoms with Crippen molar-refractivity contribution >= 4 is 11.9 Å². The number of hydrogen-bond acceptors (Lipinski definition) is 5. The zero-order chi connectivity index (χ0) is 45.1. The predicted molar refractivity (Wildman–Crippen MR) is 269 cm³/mol. The lowest BCUT2D eigenvalue weighted by Gasteiger charge is -2.20. The van der Waals surface area contributed by atoms with E-state index in [0.717, 1.165) is 64.2 Å². The van der Waals surface area contributed by atoms with E-state index in [1.165, 1.54) is 193 Å². The summed E-state index contributed by atoms with van der Waals surface area (Å²) in [5.74, 6) is -0.0916. The van der Waals surface area contributed by atoms with Crippen LogP contribution in [0.4, 0.5) is 0 Å². The minimum atomic E-state index is -0.853. The van der Waals surface area contributed by atoms with Crippen LogP contribution >= 0.6 is 0 Å². The zero-order valence-electron chi connectivity index (χ0n) is 41.4. The molecule has 0 aliphatic carbocycles. The van der Waals surface area contributed by atoms with Crippen molar-refractivity contribution in [1.82, 2.24) is 5.32 Å². The molecule has 0 radical (unpaired) electrons. The fourth-order valence-corrected chi connectivity index (χ4v) is 8.14. The SMILES string of the molecule is CCCC/C=C\CCCCCCCC(=O)OCCCCCCCCCCC/C=C\CCCCCCCC(=O)NC(CO)C(O)/C=C/CCCCCCCCCCCCCCCC. The number of aliphatic hydroxyl groups excluding tert-OH is 2. The monoisotopic (exact) mass is 872 g/mol. The Morgan fingerprint density at radius 2 is 0.774 bits per heavy atom. The Morgan fingerprint density at radius 1 is 0.435 bits per heavy atom. The first-order valence-electron chi connectivity index (χ1n) is 27.3. The molecule has 62 heavy (non-hydrogen) atoms. The van der Waals surface area contributed by atoms with Crippen molar-refractivity contribution in [3.05, 3.63) is 36.5 Å². The lowest BCUT2D eigenvalue weighted by molar-refractivity contribution is -0.143. The Labute approximate surface area is 385 Å². The number of rotatable bonds is 50. The van der Waals surface area contributed by atoms with Gasteiger partial charge in [0.1, 0.15) is 0 Å². The Morgan fingerprint density at radius 3 is 1.19 bits per heavy atom. The molecule has 0 saturated carbocycles. The minimum absolute atomic E-state index is 0.00944. The quantitative estimate of drug-likeness (QED) is 0.0321. The van der Waals surface area contributed by atoms with E-state index < -0.39 is 12.1 Å². The summed E-state index contributed by atoms with van der Waals surface area (Å²) >= 11 is 0. The van der Waals surface area contributed by atoms with E-state index in [1.54, 1.807) is 6.08 Å². The predicted octanol–water partition coefficient (Wildman–Crippen LogP) is 16.5. The van der Waals surface area contributed by atoms with Crippen molar-refractivity contribution in [3.8, 4) is 0 Å². The van der Waals surface area contributed by atoms with Crippen LogP contribution < -0.4 is 5.32 Å². The van der Waals surface area contributed by atoms with Crippen LogP contribution in [-0.2, 0) is 14.3 Å². The third-order valence-electron chi connectivity index (χ3n) is 12.4. The highest BCUT2D eigenvalue weighted by atomic mass is 16.5. The molecule has 0 aliphatic heterocycles. The highest BCUT2D eigenvalue weighted by molar-refractivity contribution is 5.76. The minimum Gasteiger partial charge on any atom is -0.466 e. The molecule has 0 saturated heterocycles. The fourth-order valence-electron chi connectivity index (χ4n) is 8.14. The lowest BCUT2D eigenvalue weighted by Crippen LogP contribution is -2.45. The third kappa shape index (κ3) is 47.6. The molecular weight excluding hydrogens is 767 g/mol. The zero-order valence-corrected chi connectivity index (χ0v) is 41.4. The molecule has 6 nitrogen and oxygen atoms in total. The van der Waals surface area contributed by atoms with Crippen molar-refractivity contribution < 1.29 is 24.5 Å². The van der Waals surface area contributed by atoms with Crippen LogP contribution in [0.3, 0.4) is 0 Å². The summed E-state index contributed by atoms with van der Waals surface area (Å²) in [7, 11) is 0. The second-order valence-corrected chi connectivity index (χ2v) is 18.5. The molecule has 0 bridgehead atoms. The van der Waals surface area contributed by atoms with Crippen LogP contribution in [0.2, 0.25) is 0 Å². The van der Waals surface area contributed by atoms with Gasteiger partial charge in [0, 0.05) is 12.8 Å². The largest absolute Gasteiger partial charge is 0.466 e. The number of esters is 1. The van der Waals surface area contributed by atoms with Gasteiger partial charge in [-0.15, -0.1) is 0 Å². The van der Waals surface area contributed by atoms with Gasteiger partial charge >= 0.3 is 5.97 Å². The van der Waals surface area contributed by atoms with Gasteiger partial charge in [-0.1, -0.05) is 230 Å².